The van der Waals surface area contributed by atoms with Crippen LogP contribution in [0.1, 0.15) is 5.56 Å². The third-order valence-corrected chi connectivity index (χ3v) is 3.96. The van der Waals surface area contributed by atoms with Gasteiger partial charge in [-0.05, 0) is 35.9 Å². The molecule has 0 unspecified atom stereocenters. The Morgan fingerprint density at radius 2 is 1.57 bits per heavy atom. The molecule has 3 rings (SSSR count). The summed E-state index contributed by atoms with van der Waals surface area (Å²) in [6, 6.07) is 12.9. The number of methoxy groups -OCH3 is 3. The first kappa shape index (κ1) is 20.7. The molecule has 0 atom stereocenters. The molecule has 0 bridgehead atoms. The van der Waals surface area contributed by atoms with Gasteiger partial charge in [0.25, 0.3) is 0 Å². The SMILES string of the molecule is COc1cc(/C=C/C(=O)Nc2cnc(Oc3ccccc3)nc2)cc(OC)c1OC. The zero-order chi connectivity index (χ0) is 21.3. The molecule has 8 heteroatoms. The van der Waals surface area contributed by atoms with Crippen LogP contribution in [-0.4, -0.2) is 37.2 Å². The van der Waals surface area contributed by atoms with Crippen molar-refractivity contribution >= 4 is 17.7 Å². The van der Waals surface area contributed by atoms with E-state index in [2.05, 4.69) is 15.3 Å². The van der Waals surface area contributed by atoms with Crippen molar-refractivity contribution in [1.82, 2.24) is 9.97 Å². The Balaban J connectivity index is 1.64. The molecule has 0 spiro atoms. The molecule has 0 saturated heterocycles. The number of para-hydroxylation sites is 1. The van der Waals surface area contributed by atoms with Gasteiger partial charge in [-0.1, -0.05) is 18.2 Å². The molecule has 0 aliphatic rings. The van der Waals surface area contributed by atoms with Gasteiger partial charge < -0.3 is 24.3 Å². The highest BCUT2D eigenvalue weighted by molar-refractivity contribution is 6.01. The van der Waals surface area contributed by atoms with Crippen LogP contribution in [0.15, 0.2) is 60.9 Å². The second-order valence-corrected chi connectivity index (χ2v) is 5.95. The van der Waals surface area contributed by atoms with Crippen LogP contribution in [0.5, 0.6) is 29.0 Å². The van der Waals surface area contributed by atoms with Gasteiger partial charge in [-0.3, -0.25) is 4.79 Å². The fraction of sp³-hybridized carbons (Fsp3) is 0.136. The molecule has 1 heterocycles. The van der Waals surface area contributed by atoms with E-state index in [1.54, 1.807) is 30.3 Å². The lowest BCUT2D eigenvalue weighted by Crippen LogP contribution is -2.08. The zero-order valence-electron chi connectivity index (χ0n) is 16.8. The fourth-order valence-corrected chi connectivity index (χ4v) is 2.58. The van der Waals surface area contributed by atoms with Gasteiger partial charge in [0.05, 0.1) is 39.4 Å². The van der Waals surface area contributed by atoms with E-state index in [0.717, 1.165) is 0 Å². The molecule has 154 valence electrons. The Kier molecular flexibility index (Phi) is 6.83. The van der Waals surface area contributed by atoms with E-state index >= 15 is 0 Å². The van der Waals surface area contributed by atoms with E-state index < -0.39 is 0 Å². The number of anilines is 1. The van der Waals surface area contributed by atoms with Crippen molar-refractivity contribution in [2.24, 2.45) is 0 Å². The maximum absolute atomic E-state index is 12.2. The second-order valence-electron chi connectivity index (χ2n) is 5.95. The average molecular weight is 407 g/mol. The summed E-state index contributed by atoms with van der Waals surface area (Å²) in [5.41, 5.74) is 1.15. The minimum atomic E-state index is -0.343. The number of ether oxygens (including phenoxy) is 4. The minimum absolute atomic E-state index is 0.187. The van der Waals surface area contributed by atoms with Crippen molar-refractivity contribution in [3.8, 4) is 29.0 Å². The Bertz CT molecular complexity index is 996. The number of amides is 1. The monoisotopic (exact) mass is 407 g/mol. The van der Waals surface area contributed by atoms with Crippen LogP contribution in [0.2, 0.25) is 0 Å². The van der Waals surface area contributed by atoms with E-state index in [4.69, 9.17) is 18.9 Å². The molecule has 1 aromatic heterocycles. The maximum atomic E-state index is 12.2. The normalized spacial score (nSPS) is 10.5. The van der Waals surface area contributed by atoms with Crippen LogP contribution in [0.3, 0.4) is 0 Å². The topological polar surface area (TPSA) is 91.8 Å². The predicted molar refractivity (Wildman–Crippen MR) is 112 cm³/mol. The Hall–Kier alpha value is -4.07. The lowest BCUT2D eigenvalue weighted by molar-refractivity contribution is -0.111. The Morgan fingerprint density at radius 1 is 0.933 bits per heavy atom. The molecule has 3 aromatic rings. The number of carbonyl (C=O) groups is 1. The molecule has 0 aliphatic heterocycles. The van der Waals surface area contributed by atoms with E-state index in [9.17, 15) is 4.79 Å². The van der Waals surface area contributed by atoms with Crippen molar-refractivity contribution < 1.29 is 23.7 Å². The Morgan fingerprint density at radius 3 is 2.13 bits per heavy atom. The third-order valence-electron chi connectivity index (χ3n) is 3.96. The van der Waals surface area contributed by atoms with Crippen LogP contribution in [0.25, 0.3) is 6.08 Å². The van der Waals surface area contributed by atoms with Crippen LogP contribution in [-0.2, 0) is 4.79 Å². The second kappa shape index (κ2) is 9.92. The van der Waals surface area contributed by atoms with Crippen molar-refractivity contribution in [3.63, 3.8) is 0 Å². The lowest BCUT2D eigenvalue weighted by Gasteiger charge is -2.12. The summed E-state index contributed by atoms with van der Waals surface area (Å²) in [5.74, 6) is 1.77. The van der Waals surface area contributed by atoms with Crippen LogP contribution in [0, 0.1) is 0 Å². The molecule has 8 nitrogen and oxygen atoms in total. The molecule has 1 N–H and O–H groups in total. The van der Waals surface area contributed by atoms with E-state index in [0.29, 0.717) is 34.2 Å². The van der Waals surface area contributed by atoms with Gasteiger partial charge in [0.15, 0.2) is 11.5 Å². The average Bonchev–Trinajstić information content (AvgIpc) is 2.78. The number of rotatable bonds is 8. The van der Waals surface area contributed by atoms with Gasteiger partial charge >= 0.3 is 6.01 Å². The first-order chi connectivity index (χ1) is 14.6. The first-order valence-corrected chi connectivity index (χ1v) is 8.97. The number of hydrogen-bond donors (Lipinski definition) is 1. The van der Waals surface area contributed by atoms with Gasteiger partial charge in [-0.15, -0.1) is 0 Å². The summed E-state index contributed by atoms with van der Waals surface area (Å²) in [7, 11) is 4.59. The summed E-state index contributed by atoms with van der Waals surface area (Å²) >= 11 is 0. The van der Waals surface area contributed by atoms with Gasteiger partial charge in [0.2, 0.25) is 11.7 Å². The van der Waals surface area contributed by atoms with E-state index in [-0.39, 0.29) is 11.9 Å². The molecule has 2 aromatic carbocycles. The van der Waals surface area contributed by atoms with Crippen molar-refractivity contribution in [2.75, 3.05) is 26.6 Å². The number of aromatic nitrogens is 2. The number of nitrogens with zero attached hydrogens (tertiary/aromatic N) is 2. The molecular formula is C22H21N3O5. The van der Waals surface area contributed by atoms with Crippen LogP contribution >= 0.6 is 0 Å². The van der Waals surface area contributed by atoms with Gasteiger partial charge in [0.1, 0.15) is 5.75 Å². The van der Waals surface area contributed by atoms with Crippen molar-refractivity contribution in [2.45, 2.75) is 0 Å². The molecule has 1 amide bonds. The van der Waals surface area contributed by atoms with Gasteiger partial charge in [0, 0.05) is 6.08 Å². The van der Waals surface area contributed by atoms with Crippen LogP contribution < -0.4 is 24.3 Å². The first-order valence-electron chi connectivity index (χ1n) is 8.97. The largest absolute Gasteiger partial charge is 0.493 e. The zero-order valence-corrected chi connectivity index (χ0v) is 16.8. The summed E-state index contributed by atoms with van der Waals surface area (Å²) < 4.78 is 21.4. The maximum Gasteiger partial charge on any atom is 0.322 e. The smallest absolute Gasteiger partial charge is 0.322 e. The highest BCUT2D eigenvalue weighted by atomic mass is 16.5. The van der Waals surface area contributed by atoms with E-state index in [1.807, 2.05) is 18.2 Å². The van der Waals surface area contributed by atoms with Gasteiger partial charge in [-0.25, -0.2) is 9.97 Å². The van der Waals surface area contributed by atoms with Crippen LogP contribution in [0.4, 0.5) is 5.69 Å². The lowest BCUT2D eigenvalue weighted by atomic mass is 10.1. The molecule has 0 radical (unpaired) electrons. The summed E-state index contributed by atoms with van der Waals surface area (Å²) in [4.78, 5) is 20.4. The van der Waals surface area contributed by atoms with Gasteiger partial charge in [-0.2, -0.15) is 0 Å². The van der Waals surface area contributed by atoms with E-state index in [1.165, 1.54) is 39.8 Å². The third kappa shape index (κ3) is 5.26. The molecular weight excluding hydrogens is 386 g/mol. The number of benzene rings is 2. The highest BCUT2D eigenvalue weighted by Crippen LogP contribution is 2.38. The standard InChI is InChI=1S/C22H21N3O5/c1-27-18-11-15(12-19(28-2)21(18)29-3)9-10-20(26)25-16-13-23-22(24-14-16)30-17-7-5-4-6-8-17/h4-14H,1-3H3,(H,25,26)/b10-9+. The van der Waals surface area contributed by atoms with Crippen molar-refractivity contribution in [1.29, 1.82) is 0 Å². The summed E-state index contributed by atoms with van der Waals surface area (Å²) in [6.07, 6.45) is 5.95. The molecule has 0 fully saturated rings. The Labute approximate surface area is 174 Å². The summed E-state index contributed by atoms with van der Waals surface area (Å²) in [5, 5.41) is 2.69. The van der Waals surface area contributed by atoms with Crippen molar-refractivity contribution in [3.05, 3.63) is 66.5 Å². The number of hydrogen-bond acceptors (Lipinski definition) is 7. The number of nitrogens with one attached hydrogen (secondary N) is 1. The summed E-state index contributed by atoms with van der Waals surface area (Å²) in [6.45, 7) is 0. The quantitative estimate of drug-likeness (QED) is 0.565. The molecule has 0 saturated carbocycles. The molecule has 0 aliphatic carbocycles. The fourth-order valence-electron chi connectivity index (χ4n) is 2.58. The highest BCUT2D eigenvalue weighted by Gasteiger charge is 2.12. The predicted octanol–water partition coefficient (Wildman–Crippen LogP) is 3.95. The minimum Gasteiger partial charge on any atom is -0.493 e. The molecule has 30 heavy (non-hydrogen) atoms. The number of carbonyl (C=O) groups excluding carboxylic acids is 1.